The molecule has 2 aromatic heterocycles. The van der Waals surface area contributed by atoms with Crippen LogP contribution in [0.1, 0.15) is 35.4 Å². The zero-order valence-corrected chi connectivity index (χ0v) is 15.4. The first-order valence-electron chi connectivity index (χ1n) is 9.32. The summed E-state index contributed by atoms with van der Waals surface area (Å²) < 4.78 is 0. The largest absolute Gasteiger partial charge is 0.397 e. The number of amidine groups is 1. The summed E-state index contributed by atoms with van der Waals surface area (Å²) in [5.74, 6) is 1.85. The van der Waals surface area contributed by atoms with E-state index in [0.717, 1.165) is 43.1 Å². The van der Waals surface area contributed by atoms with E-state index in [9.17, 15) is 0 Å². The number of aromatic nitrogens is 2. The van der Waals surface area contributed by atoms with Crippen molar-refractivity contribution >= 4 is 23.0 Å². The topological polar surface area (TPSA) is 105 Å². The number of pyridine rings is 2. The Bertz CT molecular complexity index is 880. The summed E-state index contributed by atoms with van der Waals surface area (Å²) in [5.41, 5.74) is 16.6. The van der Waals surface area contributed by atoms with Crippen LogP contribution in [-0.2, 0) is 0 Å². The van der Waals surface area contributed by atoms with Crippen LogP contribution in [0.3, 0.4) is 0 Å². The Balaban J connectivity index is 1.79. The Hall–Kier alpha value is -2.93. The second-order valence-corrected chi connectivity index (χ2v) is 7.06. The van der Waals surface area contributed by atoms with Crippen molar-refractivity contribution in [3.05, 3.63) is 54.0 Å². The van der Waals surface area contributed by atoms with Crippen LogP contribution in [0.15, 0.2) is 42.3 Å². The number of nitrogens with two attached hydrogens (primary N) is 2. The number of piperazine rings is 1. The number of hydrogen-bond acceptors (Lipinski definition) is 6. The molecule has 2 fully saturated rings. The fourth-order valence-corrected chi connectivity index (χ4v) is 3.44. The van der Waals surface area contributed by atoms with Crippen molar-refractivity contribution in [2.75, 3.05) is 37.6 Å². The van der Waals surface area contributed by atoms with Gasteiger partial charge in [0.05, 0.1) is 17.6 Å². The molecule has 2 aromatic rings. The van der Waals surface area contributed by atoms with Crippen LogP contribution >= 0.6 is 0 Å². The van der Waals surface area contributed by atoms with E-state index in [4.69, 9.17) is 16.5 Å². The van der Waals surface area contributed by atoms with Crippen LogP contribution in [0, 0.1) is 0 Å². The Morgan fingerprint density at radius 2 is 2.00 bits per heavy atom. The quantitative estimate of drug-likeness (QED) is 0.565. The summed E-state index contributed by atoms with van der Waals surface area (Å²) >= 11 is 0. The second-order valence-electron chi connectivity index (χ2n) is 7.06. The van der Waals surface area contributed by atoms with Crippen molar-refractivity contribution in [1.29, 1.82) is 0 Å². The van der Waals surface area contributed by atoms with Crippen molar-refractivity contribution in [3.8, 4) is 0 Å². The molecule has 1 aliphatic carbocycles. The van der Waals surface area contributed by atoms with E-state index >= 15 is 0 Å². The van der Waals surface area contributed by atoms with Crippen LogP contribution in [-0.4, -0.2) is 46.9 Å². The van der Waals surface area contributed by atoms with E-state index < -0.39 is 0 Å². The lowest BCUT2D eigenvalue weighted by Crippen LogP contribution is -2.47. The summed E-state index contributed by atoms with van der Waals surface area (Å²) in [6.07, 6.45) is 7.68. The van der Waals surface area contributed by atoms with Gasteiger partial charge in [-0.25, -0.2) is 9.98 Å². The SMILES string of the molecule is C=C(N=C(c1c(N)cncc1C1CC1)N1CCNCC1)c1ccnc(N)c1. The Labute approximate surface area is 159 Å². The van der Waals surface area contributed by atoms with E-state index in [2.05, 4.69) is 26.8 Å². The predicted molar refractivity (Wildman–Crippen MR) is 109 cm³/mol. The number of nitrogens with one attached hydrogen (secondary N) is 1. The summed E-state index contributed by atoms with van der Waals surface area (Å²) in [5, 5.41) is 3.39. The zero-order chi connectivity index (χ0) is 18.8. The lowest BCUT2D eigenvalue weighted by Gasteiger charge is -2.32. The Morgan fingerprint density at radius 3 is 2.70 bits per heavy atom. The first kappa shape index (κ1) is 17.5. The number of nitrogens with zero attached hydrogens (tertiary/aromatic N) is 4. The van der Waals surface area contributed by atoms with Gasteiger partial charge in [-0.1, -0.05) is 6.58 Å². The molecule has 7 heteroatoms. The molecule has 1 saturated heterocycles. The van der Waals surface area contributed by atoms with E-state index in [-0.39, 0.29) is 0 Å². The molecule has 0 amide bonds. The number of anilines is 2. The van der Waals surface area contributed by atoms with Crippen molar-refractivity contribution < 1.29 is 0 Å². The standard InChI is InChI=1S/C20H25N7/c1-13(15-4-5-25-18(22)10-15)26-20(27-8-6-23-7-9-27)19-16(14-2-3-14)11-24-12-17(19)21/h4-5,10-12,14,23H,1-3,6-9,21H2,(H2,22,25). The summed E-state index contributed by atoms with van der Waals surface area (Å²) in [4.78, 5) is 15.6. The van der Waals surface area contributed by atoms with Gasteiger partial charge in [0.25, 0.3) is 0 Å². The smallest absolute Gasteiger partial charge is 0.139 e. The Kier molecular flexibility index (Phi) is 4.77. The molecule has 0 atom stereocenters. The van der Waals surface area contributed by atoms with Crippen LogP contribution in [0.25, 0.3) is 5.70 Å². The third kappa shape index (κ3) is 3.78. The molecule has 0 unspecified atom stereocenters. The van der Waals surface area contributed by atoms with Gasteiger partial charge in [0.1, 0.15) is 11.7 Å². The minimum Gasteiger partial charge on any atom is -0.397 e. The van der Waals surface area contributed by atoms with E-state index in [1.54, 1.807) is 18.5 Å². The van der Waals surface area contributed by atoms with Gasteiger partial charge in [-0.15, -0.1) is 0 Å². The van der Waals surface area contributed by atoms with Gasteiger partial charge in [-0.05, 0) is 36.5 Å². The molecular formula is C20H25N7. The van der Waals surface area contributed by atoms with Crippen molar-refractivity contribution in [2.45, 2.75) is 18.8 Å². The molecule has 0 radical (unpaired) electrons. The molecule has 4 rings (SSSR count). The number of rotatable bonds is 4. The average Bonchev–Trinajstić information content (AvgIpc) is 3.52. The third-order valence-corrected chi connectivity index (χ3v) is 5.02. The molecule has 27 heavy (non-hydrogen) atoms. The van der Waals surface area contributed by atoms with Crippen LogP contribution in [0.2, 0.25) is 0 Å². The molecule has 140 valence electrons. The minimum atomic E-state index is 0.453. The first-order chi connectivity index (χ1) is 13.1. The maximum atomic E-state index is 6.39. The lowest BCUT2D eigenvalue weighted by atomic mass is 10.0. The van der Waals surface area contributed by atoms with Gasteiger partial charge in [-0.3, -0.25) is 4.98 Å². The second kappa shape index (κ2) is 7.36. The molecule has 0 aromatic carbocycles. The molecule has 5 N–H and O–H groups in total. The lowest BCUT2D eigenvalue weighted by molar-refractivity contribution is 0.358. The highest BCUT2D eigenvalue weighted by atomic mass is 15.2. The number of nitrogen functional groups attached to an aromatic ring is 2. The maximum absolute atomic E-state index is 6.39. The molecule has 7 nitrogen and oxygen atoms in total. The zero-order valence-electron chi connectivity index (χ0n) is 15.4. The normalized spacial score (nSPS) is 17.8. The predicted octanol–water partition coefficient (Wildman–Crippen LogP) is 1.84. The summed E-state index contributed by atoms with van der Waals surface area (Å²) in [6, 6.07) is 3.66. The monoisotopic (exact) mass is 363 g/mol. The molecule has 3 heterocycles. The third-order valence-electron chi connectivity index (χ3n) is 5.02. The minimum absolute atomic E-state index is 0.453. The fraction of sp³-hybridized carbons (Fsp3) is 0.350. The van der Waals surface area contributed by atoms with Crippen molar-refractivity contribution in [2.24, 2.45) is 4.99 Å². The van der Waals surface area contributed by atoms with Crippen LogP contribution in [0.5, 0.6) is 0 Å². The maximum Gasteiger partial charge on any atom is 0.139 e. The van der Waals surface area contributed by atoms with Crippen LogP contribution in [0.4, 0.5) is 11.5 Å². The molecule has 1 aliphatic heterocycles. The van der Waals surface area contributed by atoms with Gasteiger partial charge in [0, 0.05) is 49.7 Å². The molecule has 2 aliphatic rings. The van der Waals surface area contributed by atoms with Gasteiger partial charge in [-0.2, -0.15) is 0 Å². The first-order valence-corrected chi connectivity index (χ1v) is 9.32. The van der Waals surface area contributed by atoms with E-state index in [1.165, 1.54) is 18.4 Å². The number of hydrogen-bond donors (Lipinski definition) is 3. The highest BCUT2D eigenvalue weighted by Gasteiger charge is 2.31. The number of aliphatic imine (C=N–C) groups is 1. The average molecular weight is 363 g/mol. The van der Waals surface area contributed by atoms with Crippen molar-refractivity contribution in [3.63, 3.8) is 0 Å². The van der Waals surface area contributed by atoms with Crippen LogP contribution < -0.4 is 16.8 Å². The fourth-order valence-electron chi connectivity index (χ4n) is 3.44. The molecule has 0 bridgehead atoms. The van der Waals surface area contributed by atoms with Crippen molar-refractivity contribution in [1.82, 2.24) is 20.2 Å². The molecule has 0 spiro atoms. The van der Waals surface area contributed by atoms with Gasteiger partial charge < -0.3 is 21.7 Å². The molecule has 1 saturated carbocycles. The Morgan fingerprint density at radius 1 is 1.22 bits per heavy atom. The van der Waals surface area contributed by atoms with Gasteiger partial charge in [0.2, 0.25) is 0 Å². The van der Waals surface area contributed by atoms with E-state index in [1.807, 2.05) is 12.3 Å². The van der Waals surface area contributed by atoms with Gasteiger partial charge >= 0.3 is 0 Å². The van der Waals surface area contributed by atoms with Gasteiger partial charge in [0.15, 0.2) is 0 Å². The highest BCUT2D eigenvalue weighted by molar-refractivity contribution is 6.06. The summed E-state index contributed by atoms with van der Waals surface area (Å²) in [6.45, 7) is 7.75. The van der Waals surface area contributed by atoms with E-state index in [0.29, 0.717) is 23.1 Å². The highest BCUT2D eigenvalue weighted by Crippen LogP contribution is 2.43. The molecular weight excluding hydrogens is 338 g/mol. The summed E-state index contributed by atoms with van der Waals surface area (Å²) in [7, 11) is 0.